The summed E-state index contributed by atoms with van der Waals surface area (Å²) in [5, 5.41) is 9.23. The van der Waals surface area contributed by atoms with Gasteiger partial charge in [0.2, 0.25) is 5.91 Å². The molecule has 1 aliphatic rings. The van der Waals surface area contributed by atoms with Crippen molar-refractivity contribution >= 4 is 23.5 Å². The highest BCUT2D eigenvalue weighted by Gasteiger charge is 2.32. The Morgan fingerprint density at radius 3 is 2.77 bits per heavy atom. The lowest BCUT2D eigenvalue weighted by molar-refractivity contribution is -0.147. The Morgan fingerprint density at radius 1 is 1.31 bits per heavy atom. The van der Waals surface area contributed by atoms with Crippen molar-refractivity contribution in [1.82, 2.24) is 20.0 Å². The summed E-state index contributed by atoms with van der Waals surface area (Å²) in [5.74, 6) is -1.17. The van der Waals surface area contributed by atoms with Crippen molar-refractivity contribution in [2.45, 2.75) is 18.9 Å². The molecule has 0 radical (unpaired) electrons. The summed E-state index contributed by atoms with van der Waals surface area (Å²) in [6.45, 7) is 0. The Bertz CT molecular complexity index is 879. The van der Waals surface area contributed by atoms with Gasteiger partial charge in [0.15, 0.2) is 0 Å². The molecule has 136 valence electrons. The summed E-state index contributed by atoms with van der Waals surface area (Å²) in [5.41, 5.74) is 1.49. The number of likely N-dealkylation sites (N-methyl/N-ethyl adjacent to an activating group) is 1. The summed E-state index contributed by atoms with van der Waals surface area (Å²) in [7, 11) is 3.12. The van der Waals surface area contributed by atoms with E-state index < -0.39 is 23.8 Å². The largest absolute Gasteiger partial charge is 0.326 e. The van der Waals surface area contributed by atoms with Gasteiger partial charge < -0.3 is 10.6 Å². The van der Waals surface area contributed by atoms with Crippen LogP contribution < -0.4 is 10.6 Å². The van der Waals surface area contributed by atoms with Crippen molar-refractivity contribution in [3.63, 3.8) is 0 Å². The first-order chi connectivity index (χ1) is 12.3. The fourth-order valence-electron chi connectivity index (χ4n) is 2.79. The van der Waals surface area contributed by atoms with Gasteiger partial charge in [0, 0.05) is 37.8 Å². The molecule has 4 amide bonds. The van der Waals surface area contributed by atoms with E-state index in [1.54, 1.807) is 24.1 Å². The number of hydrogen-bond acceptors (Lipinski definition) is 4. The molecule has 0 spiro atoms. The first-order valence-corrected chi connectivity index (χ1v) is 8.01. The van der Waals surface area contributed by atoms with Crippen LogP contribution in [0.25, 0.3) is 11.1 Å². The summed E-state index contributed by atoms with van der Waals surface area (Å²) in [6.07, 6.45) is 3.69. The van der Waals surface area contributed by atoms with Crippen LogP contribution >= 0.6 is 0 Å². The molecule has 1 fully saturated rings. The van der Waals surface area contributed by atoms with Gasteiger partial charge >= 0.3 is 6.03 Å². The molecule has 0 bridgehead atoms. The van der Waals surface area contributed by atoms with Crippen LogP contribution in [0.1, 0.15) is 12.8 Å². The number of imide groups is 1. The van der Waals surface area contributed by atoms with Gasteiger partial charge in [0.1, 0.15) is 11.9 Å². The Morgan fingerprint density at radius 2 is 2.08 bits per heavy atom. The zero-order valence-electron chi connectivity index (χ0n) is 14.3. The van der Waals surface area contributed by atoms with Gasteiger partial charge in [-0.05, 0) is 24.6 Å². The number of nitrogens with one attached hydrogen (secondary N) is 2. The number of aryl methyl sites for hydroxylation is 1. The fraction of sp³-hybridized carbons (Fsp3) is 0.294. The van der Waals surface area contributed by atoms with Crippen molar-refractivity contribution in [2.24, 2.45) is 7.05 Å². The number of carbonyl (C=O) groups is 3. The van der Waals surface area contributed by atoms with Gasteiger partial charge in [0.25, 0.3) is 5.91 Å². The Labute approximate surface area is 149 Å². The van der Waals surface area contributed by atoms with Crippen LogP contribution in [0.3, 0.4) is 0 Å². The van der Waals surface area contributed by atoms with E-state index in [0.29, 0.717) is 16.8 Å². The molecular formula is C17H18FN5O3. The fourth-order valence-corrected chi connectivity index (χ4v) is 2.79. The second-order valence-electron chi connectivity index (χ2n) is 6.07. The third-order valence-electron chi connectivity index (χ3n) is 4.20. The van der Waals surface area contributed by atoms with E-state index in [1.807, 2.05) is 0 Å². The van der Waals surface area contributed by atoms with Crippen LogP contribution in [0.2, 0.25) is 0 Å². The van der Waals surface area contributed by atoms with E-state index in [-0.39, 0.29) is 18.7 Å². The van der Waals surface area contributed by atoms with Crippen molar-refractivity contribution < 1.29 is 18.8 Å². The number of aromatic nitrogens is 2. The van der Waals surface area contributed by atoms with E-state index >= 15 is 0 Å². The molecule has 2 N–H and O–H groups in total. The quantitative estimate of drug-likeness (QED) is 0.812. The number of rotatable bonds is 3. The number of halogens is 1. The molecule has 1 saturated heterocycles. The summed E-state index contributed by atoms with van der Waals surface area (Å²) in [4.78, 5) is 36.9. The van der Waals surface area contributed by atoms with Gasteiger partial charge in [0.05, 0.1) is 11.9 Å². The van der Waals surface area contributed by atoms with E-state index in [4.69, 9.17) is 0 Å². The van der Waals surface area contributed by atoms with Crippen LogP contribution in [0.5, 0.6) is 0 Å². The van der Waals surface area contributed by atoms with Crippen LogP contribution in [-0.2, 0) is 16.6 Å². The number of anilines is 1. The molecule has 2 heterocycles. The lowest BCUT2D eigenvalue weighted by Gasteiger charge is -2.28. The maximum Gasteiger partial charge on any atom is 0.319 e. The normalized spacial score (nSPS) is 17.3. The number of urea groups is 1. The highest BCUT2D eigenvalue weighted by atomic mass is 19.1. The van der Waals surface area contributed by atoms with E-state index in [2.05, 4.69) is 15.7 Å². The number of likely N-dealkylation sites (tertiary alicyclic amines) is 1. The lowest BCUT2D eigenvalue weighted by Crippen LogP contribution is -2.53. The van der Waals surface area contributed by atoms with E-state index in [9.17, 15) is 18.8 Å². The molecule has 26 heavy (non-hydrogen) atoms. The van der Waals surface area contributed by atoms with Crippen LogP contribution in [0.15, 0.2) is 30.6 Å². The van der Waals surface area contributed by atoms with E-state index in [1.165, 1.54) is 25.2 Å². The monoisotopic (exact) mass is 359 g/mol. The van der Waals surface area contributed by atoms with Crippen molar-refractivity contribution in [3.05, 3.63) is 36.4 Å². The van der Waals surface area contributed by atoms with Crippen molar-refractivity contribution in [1.29, 1.82) is 0 Å². The maximum absolute atomic E-state index is 13.6. The van der Waals surface area contributed by atoms with Crippen molar-refractivity contribution in [3.8, 4) is 11.1 Å². The second kappa shape index (κ2) is 6.95. The second-order valence-corrected chi connectivity index (χ2v) is 6.07. The van der Waals surface area contributed by atoms with E-state index in [0.717, 1.165) is 4.90 Å². The molecule has 0 saturated carbocycles. The first-order valence-electron chi connectivity index (χ1n) is 8.01. The number of hydrogen-bond donors (Lipinski definition) is 2. The smallest absolute Gasteiger partial charge is 0.319 e. The number of piperidine rings is 1. The summed E-state index contributed by atoms with van der Waals surface area (Å²) in [6, 6.07) is 2.58. The zero-order valence-corrected chi connectivity index (χ0v) is 14.3. The minimum absolute atomic E-state index is 0.185. The zero-order chi connectivity index (χ0) is 18.8. The Kier molecular flexibility index (Phi) is 4.70. The minimum Gasteiger partial charge on any atom is -0.326 e. The highest BCUT2D eigenvalue weighted by molar-refractivity contribution is 6.03. The number of nitrogens with zero attached hydrogens (tertiary/aromatic N) is 3. The Balaban J connectivity index is 1.76. The lowest BCUT2D eigenvalue weighted by atomic mass is 10.0. The van der Waals surface area contributed by atoms with Gasteiger partial charge in [-0.3, -0.25) is 19.2 Å². The molecule has 1 aromatic heterocycles. The van der Waals surface area contributed by atoms with Gasteiger partial charge in [-0.15, -0.1) is 0 Å². The molecular weight excluding hydrogens is 341 g/mol. The predicted octanol–water partition coefficient (Wildman–Crippen LogP) is 1.50. The standard InChI is InChI=1S/C17H18FN5O3/c1-22-9-10(8-19-22)12-7-11(18)3-4-13(12)20-17(26)21-14-5-6-15(24)23(2)16(14)25/h3-4,7-9,14H,5-6H2,1-2H3,(H2,20,21,26)/t14-/m0/s1. The maximum atomic E-state index is 13.6. The molecule has 1 aromatic carbocycles. The molecule has 1 aliphatic heterocycles. The molecule has 9 heteroatoms. The molecule has 0 unspecified atom stereocenters. The summed E-state index contributed by atoms with van der Waals surface area (Å²) >= 11 is 0. The molecule has 0 aliphatic carbocycles. The first kappa shape index (κ1) is 17.6. The number of amides is 4. The average Bonchev–Trinajstić information content (AvgIpc) is 3.03. The van der Waals surface area contributed by atoms with Crippen LogP contribution in [0.4, 0.5) is 14.9 Å². The SMILES string of the molecule is CN1C(=O)CC[C@H](NC(=O)Nc2ccc(F)cc2-c2cnn(C)c2)C1=O. The average molecular weight is 359 g/mol. The highest BCUT2D eigenvalue weighted by Crippen LogP contribution is 2.28. The predicted molar refractivity (Wildman–Crippen MR) is 91.6 cm³/mol. The van der Waals surface area contributed by atoms with Crippen LogP contribution in [0, 0.1) is 5.82 Å². The number of benzene rings is 1. The number of carbonyl (C=O) groups excluding carboxylic acids is 3. The molecule has 1 atom stereocenters. The topological polar surface area (TPSA) is 96.3 Å². The molecule has 2 aromatic rings. The van der Waals surface area contributed by atoms with Crippen LogP contribution in [-0.4, -0.2) is 45.6 Å². The van der Waals surface area contributed by atoms with Gasteiger partial charge in [-0.2, -0.15) is 5.10 Å². The third-order valence-corrected chi connectivity index (χ3v) is 4.20. The minimum atomic E-state index is -0.778. The van der Waals surface area contributed by atoms with Crippen molar-refractivity contribution in [2.75, 3.05) is 12.4 Å². The Hall–Kier alpha value is -3.23. The third kappa shape index (κ3) is 3.56. The molecule has 3 rings (SSSR count). The molecule has 8 nitrogen and oxygen atoms in total. The summed E-state index contributed by atoms with van der Waals surface area (Å²) < 4.78 is 15.2. The van der Waals surface area contributed by atoms with Gasteiger partial charge in [-0.1, -0.05) is 0 Å². The van der Waals surface area contributed by atoms with Gasteiger partial charge in [-0.25, -0.2) is 9.18 Å².